The summed E-state index contributed by atoms with van der Waals surface area (Å²) in [5.41, 5.74) is -1.25. The van der Waals surface area contributed by atoms with Gasteiger partial charge in [-0.3, -0.25) is 4.90 Å². The molecule has 3 saturated heterocycles. The lowest BCUT2D eigenvalue weighted by molar-refractivity contribution is -0.141. The van der Waals surface area contributed by atoms with E-state index in [1.165, 1.54) is 6.92 Å². The summed E-state index contributed by atoms with van der Waals surface area (Å²) in [6.45, 7) is 1.04. The minimum Gasteiger partial charge on any atom is -0.393 e. The highest BCUT2D eigenvalue weighted by Crippen LogP contribution is 2.55. The van der Waals surface area contributed by atoms with Gasteiger partial charge < -0.3 is 40.1 Å². The van der Waals surface area contributed by atoms with Crippen molar-refractivity contribution in [3.8, 4) is 0 Å². The van der Waals surface area contributed by atoms with Crippen molar-refractivity contribution in [3.63, 3.8) is 0 Å². The third-order valence-corrected chi connectivity index (χ3v) is 5.59. The highest BCUT2D eigenvalue weighted by molar-refractivity contribution is 5.25. The number of hydrogen-bond donors (Lipinski definition) is 6. The van der Waals surface area contributed by atoms with E-state index in [1.807, 2.05) is 0 Å². The Bertz CT molecular complexity index is 477. The molecule has 0 bridgehead atoms. The Balaban J connectivity index is 1.71. The van der Waals surface area contributed by atoms with E-state index in [9.17, 15) is 30.6 Å². The predicted octanol–water partition coefficient (Wildman–Crippen LogP) is -4.27. The normalized spacial score (nSPS) is 61.5. The highest BCUT2D eigenvalue weighted by atomic mass is 16.7. The smallest absolute Gasteiger partial charge is 0.148 e. The van der Waals surface area contributed by atoms with Crippen LogP contribution in [0.4, 0.5) is 0 Å². The standard InChI is InChI=1S/C13H21NO8/c1-3(16)4-6(17)7(18)12-14(4)5-9(21-12)8(19)10(20)13(2-15)11(5)22-13/h3-12,15-20H,2H2,1H3. The van der Waals surface area contributed by atoms with Crippen LogP contribution >= 0.6 is 0 Å². The van der Waals surface area contributed by atoms with Crippen molar-refractivity contribution in [2.24, 2.45) is 0 Å². The van der Waals surface area contributed by atoms with Gasteiger partial charge in [-0.1, -0.05) is 0 Å². The van der Waals surface area contributed by atoms with Gasteiger partial charge in [0.1, 0.15) is 48.5 Å². The lowest BCUT2D eigenvalue weighted by Crippen LogP contribution is -2.63. The molecule has 0 radical (unpaired) electrons. The molecule has 3 heterocycles. The molecule has 4 aliphatic rings. The van der Waals surface area contributed by atoms with Gasteiger partial charge in [0.15, 0.2) is 0 Å². The fourth-order valence-corrected chi connectivity index (χ4v) is 4.46. The van der Waals surface area contributed by atoms with Crippen molar-refractivity contribution in [1.82, 2.24) is 4.90 Å². The molecule has 4 rings (SSSR count). The van der Waals surface area contributed by atoms with Crippen LogP contribution in [0, 0.1) is 0 Å². The zero-order chi connectivity index (χ0) is 16.0. The van der Waals surface area contributed by atoms with Gasteiger partial charge in [-0.25, -0.2) is 0 Å². The van der Waals surface area contributed by atoms with E-state index >= 15 is 0 Å². The largest absolute Gasteiger partial charge is 0.393 e. The van der Waals surface area contributed by atoms with Gasteiger partial charge in [0.2, 0.25) is 0 Å². The molecule has 11 unspecified atom stereocenters. The second-order valence-electron chi connectivity index (χ2n) is 6.73. The van der Waals surface area contributed by atoms with Crippen LogP contribution in [-0.4, -0.2) is 109 Å². The van der Waals surface area contributed by atoms with Crippen LogP contribution in [-0.2, 0) is 9.47 Å². The average molecular weight is 319 g/mol. The quantitative estimate of drug-likeness (QED) is 0.278. The summed E-state index contributed by atoms with van der Waals surface area (Å²) in [5.74, 6) is 0. The maximum absolute atomic E-state index is 10.3. The molecule has 4 fully saturated rings. The highest BCUT2D eigenvalue weighted by Gasteiger charge is 2.77. The van der Waals surface area contributed by atoms with Crippen molar-refractivity contribution in [2.45, 2.75) is 73.6 Å². The average Bonchev–Trinajstić information content (AvgIpc) is 3.03. The van der Waals surface area contributed by atoms with Crippen LogP contribution in [0.25, 0.3) is 0 Å². The third-order valence-electron chi connectivity index (χ3n) is 5.59. The lowest BCUT2D eigenvalue weighted by Gasteiger charge is -2.39. The van der Waals surface area contributed by atoms with Crippen LogP contribution in [0.5, 0.6) is 0 Å². The molecule has 9 nitrogen and oxygen atoms in total. The van der Waals surface area contributed by atoms with Crippen molar-refractivity contribution in [1.29, 1.82) is 0 Å². The number of epoxide rings is 1. The first-order valence-electron chi connectivity index (χ1n) is 7.47. The summed E-state index contributed by atoms with van der Waals surface area (Å²) in [5, 5.41) is 60.2. The molecule has 22 heavy (non-hydrogen) atoms. The molecule has 0 amide bonds. The SMILES string of the molecule is CC(O)C1C(O)C(O)C2OC3C(O)C(O)C4(CO)OC4C3N21. The van der Waals surface area contributed by atoms with Gasteiger partial charge in [0, 0.05) is 0 Å². The Morgan fingerprint density at radius 2 is 1.82 bits per heavy atom. The van der Waals surface area contributed by atoms with Gasteiger partial charge in [-0.2, -0.15) is 0 Å². The molecule has 1 aliphatic carbocycles. The molecular weight excluding hydrogens is 298 g/mol. The monoisotopic (exact) mass is 319 g/mol. The summed E-state index contributed by atoms with van der Waals surface area (Å²) >= 11 is 0. The number of aliphatic hydroxyl groups excluding tert-OH is 6. The lowest BCUT2D eigenvalue weighted by atomic mass is 9.79. The van der Waals surface area contributed by atoms with Crippen LogP contribution in [0.3, 0.4) is 0 Å². The molecule has 11 atom stereocenters. The zero-order valence-electron chi connectivity index (χ0n) is 11.9. The Morgan fingerprint density at radius 3 is 2.41 bits per heavy atom. The molecule has 3 aliphatic heterocycles. The molecule has 0 spiro atoms. The molecule has 0 aromatic carbocycles. The first-order chi connectivity index (χ1) is 10.3. The fourth-order valence-electron chi connectivity index (χ4n) is 4.46. The zero-order valence-corrected chi connectivity index (χ0v) is 11.9. The number of hydrogen-bond acceptors (Lipinski definition) is 9. The number of nitrogens with zero attached hydrogens (tertiary/aromatic N) is 1. The van der Waals surface area contributed by atoms with Crippen molar-refractivity contribution >= 4 is 0 Å². The minimum atomic E-state index is -1.30. The van der Waals surface area contributed by atoms with E-state index in [1.54, 1.807) is 4.90 Å². The van der Waals surface area contributed by atoms with E-state index < -0.39 is 73.2 Å². The maximum Gasteiger partial charge on any atom is 0.148 e. The Kier molecular flexibility index (Phi) is 3.17. The predicted molar refractivity (Wildman–Crippen MR) is 68.5 cm³/mol. The van der Waals surface area contributed by atoms with Crippen LogP contribution in [0.1, 0.15) is 6.92 Å². The first-order valence-corrected chi connectivity index (χ1v) is 7.47. The van der Waals surface area contributed by atoms with E-state index in [2.05, 4.69) is 0 Å². The topological polar surface area (TPSA) is 146 Å². The summed E-state index contributed by atoms with van der Waals surface area (Å²) in [4.78, 5) is 1.61. The maximum atomic E-state index is 10.3. The Morgan fingerprint density at radius 1 is 1.14 bits per heavy atom. The molecule has 9 heteroatoms. The van der Waals surface area contributed by atoms with Gasteiger partial charge >= 0.3 is 0 Å². The van der Waals surface area contributed by atoms with Crippen LogP contribution in [0.15, 0.2) is 0 Å². The van der Waals surface area contributed by atoms with E-state index in [4.69, 9.17) is 9.47 Å². The minimum absolute atomic E-state index is 0.456. The second-order valence-corrected chi connectivity index (χ2v) is 6.73. The number of aliphatic hydroxyl groups is 6. The summed E-state index contributed by atoms with van der Waals surface area (Å²) in [6.07, 6.45) is -8.28. The fraction of sp³-hybridized carbons (Fsp3) is 1.00. The van der Waals surface area contributed by atoms with Crippen LogP contribution < -0.4 is 0 Å². The number of rotatable bonds is 2. The van der Waals surface area contributed by atoms with Gasteiger partial charge in [-0.05, 0) is 6.92 Å². The molecule has 126 valence electrons. The number of ether oxygens (including phenoxy) is 2. The summed E-state index contributed by atoms with van der Waals surface area (Å²) in [7, 11) is 0. The van der Waals surface area contributed by atoms with Crippen LogP contribution in [0.2, 0.25) is 0 Å². The van der Waals surface area contributed by atoms with E-state index in [0.717, 1.165) is 0 Å². The van der Waals surface area contributed by atoms with Gasteiger partial charge in [0.25, 0.3) is 0 Å². The van der Waals surface area contributed by atoms with Gasteiger partial charge in [0.05, 0.1) is 24.8 Å². The van der Waals surface area contributed by atoms with Crippen molar-refractivity contribution in [2.75, 3.05) is 6.61 Å². The van der Waals surface area contributed by atoms with Crippen molar-refractivity contribution < 1.29 is 40.1 Å². The van der Waals surface area contributed by atoms with Gasteiger partial charge in [-0.15, -0.1) is 0 Å². The molecule has 6 N–H and O–H groups in total. The summed E-state index contributed by atoms with van der Waals surface area (Å²) < 4.78 is 11.1. The van der Waals surface area contributed by atoms with E-state index in [-0.39, 0.29) is 0 Å². The third kappa shape index (κ3) is 1.58. The Hall–Kier alpha value is -0.360. The Labute approximate surface area is 126 Å². The summed E-state index contributed by atoms with van der Waals surface area (Å²) in [6, 6.07) is -1.35. The van der Waals surface area contributed by atoms with E-state index in [0.29, 0.717) is 0 Å². The molecule has 0 aromatic heterocycles. The molecule has 1 saturated carbocycles. The number of fused-ring (bicyclic) bond motifs is 5. The molecular formula is C13H21NO8. The molecule has 0 aromatic rings. The van der Waals surface area contributed by atoms with Crippen molar-refractivity contribution in [3.05, 3.63) is 0 Å². The first kappa shape index (κ1) is 15.2. The second kappa shape index (κ2) is 4.59.